The summed E-state index contributed by atoms with van der Waals surface area (Å²) >= 11 is 4.81. The van der Waals surface area contributed by atoms with Gasteiger partial charge in [-0.3, -0.25) is 0 Å². The number of hydrogen-bond acceptors (Lipinski definition) is 3. The lowest BCUT2D eigenvalue weighted by atomic mass is 10.3. The first-order valence-corrected chi connectivity index (χ1v) is 4.37. The van der Waals surface area contributed by atoms with Gasteiger partial charge in [0.2, 0.25) is 0 Å². The summed E-state index contributed by atoms with van der Waals surface area (Å²) < 4.78 is 4.98. The number of thiocarbonyl (C=S) groups is 1. The molecule has 0 aliphatic heterocycles. The number of hydrogen-bond donors (Lipinski definition) is 3. The van der Waals surface area contributed by atoms with Crippen LogP contribution in [0.15, 0.2) is 36.3 Å². The molecule has 0 aliphatic rings. The maximum Gasteiger partial charge on any atom is 0.184 e. The maximum atomic E-state index is 5.09. The van der Waals surface area contributed by atoms with E-state index in [1.165, 1.54) is 0 Å². The van der Waals surface area contributed by atoms with Crippen molar-refractivity contribution >= 4 is 17.3 Å². The molecular formula is C9H15N3OS. The quantitative estimate of drug-likeness (QED) is 0.213. The molecule has 0 atom stereocenters. The average molecular weight is 213 g/mol. The van der Waals surface area contributed by atoms with Crippen molar-refractivity contribution in [3.05, 3.63) is 36.3 Å². The predicted molar refractivity (Wildman–Crippen MR) is 62.1 cm³/mol. The molecule has 0 aliphatic carbocycles. The fourth-order valence-electron chi connectivity index (χ4n) is 0.683. The third kappa shape index (κ3) is 5.34. The van der Waals surface area contributed by atoms with Crippen LogP contribution in [0.25, 0.3) is 0 Å². The Balaban J connectivity index is 4.30. The van der Waals surface area contributed by atoms with Gasteiger partial charge in [0.25, 0.3) is 0 Å². The molecule has 0 bridgehead atoms. The molecule has 0 amide bonds. The van der Waals surface area contributed by atoms with Crippen molar-refractivity contribution in [2.45, 2.75) is 6.92 Å². The molecule has 0 aromatic rings. The molecule has 0 aromatic heterocycles. The fourth-order valence-corrected chi connectivity index (χ4v) is 0.844. The van der Waals surface area contributed by atoms with Gasteiger partial charge in [0.1, 0.15) is 5.76 Å². The van der Waals surface area contributed by atoms with Gasteiger partial charge in [-0.05, 0) is 37.4 Å². The molecule has 0 saturated carbocycles. The molecule has 0 unspecified atom stereocenters. The summed E-state index contributed by atoms with van der Waals surface area (Å²) in [5, 5.41) is 3.22. The smallest absolute Gasteiger partial charge is 0.184 e. The highest BCUT2D eigenvalue weighted by Crippen LogP contribution is 1.97. The Bertz CT molecular complexity index is 271. The first kappa shape index (κ1) is 12.7. The Morgan fingerprint density at radius 2 is 2.14 bits per heavy atom. The van der Waals surface area contributed by atoms with Crippen LogP contribution < -0.4 is 16.6 Å². The Hall–Kier alpha value is -1.33. The molecule has 78 valence electrons. The van der Waals surface area contributed by atoms with E-state index in [1.807, 2.05) is 13.0 Å². The van der Waals surface area contributed by atoms with E-state index < -0.39 is 0 Å². The van der Waals surface area contributed by atoms with Gasteiger partial charge < -0.3 is 15.5 Å². The average Bonchev–Trinajstić information content (AvgIpc) is 2.19. The minimum absolute atomic E-state index is 0.365. The molecule has 4 nitrogen and oxygen atoms in total. The molecule has 0 aromatic carbocycles. The highest BCUT2D eigenvalue weighted by atomic mass is 32.1. The van der Waals surface area contributed by atoms with E-state index in [-0.39, 0.29) is 0 Å². The van der Waals surface area contributed by atoms with E-state index in [0.29, 0.717) is 10.9 Å². The third-order valence-electron chi connectivity index (χ3n) is 1.38. The number of nitrogens with two attached hydrogens (primary N) is 1. The second-order valence-electron chi connectivity index (χ2n) is 2.43. The lowest BCUT2D eigenvalue weighted by Crippen LogP contribution is -2.38. The SMILES string of the molecule is C=C/C(=C\C=C(/C)NC(=S)NN)OC. The molecule has 0 rings (SSSR count). The monoisotopic (exact) mass is 213 g/mol. The fraction of sp³-hybridized carbons (Fsp3) is 0.222. The Morgan fingerprint density at radius 1 is 1.50 bits per heavy atom. The van der Waals surface area contributed by atoms with Crippen molar-refractivity contribution in [3.8, 4) is 0 Å². The minimum Gasteiger partial charge on any atom is -0.497 e. The van der Waals surface area contributed by atoms with Crippen molar-refractivity contribution in [1.82, 2.24) is 10.7 Å². The van der Waals surface area contributed by atoms with Gasteiger partial charge in [0.05, 0.1) is 7.11 Å². The molecule has 0 fully saturated rings. The van der Waals surface area contributed by atoms with Crippen molar-refractivity contribution in [2.24, 2.45) is 5.84 Å². The second-order valence-corrected chi connectivity index (χ2v) is 2.83. The van der Waals surface area contributed by atoms with E-state index in [1.54, 1.807) is 19.3 Å². The highest BCUT2D eigenvalue weighted by molar-refractivity contribution is 7.80. The van der Waals surface area contributed by atoms with Gasteiger partial charge in [-0.2, -0.15) is 0 Å². The topological polar surface area (TPSA) is 59.3 Å². The van der Waals surface area contributed by atoms with E-state index in [4.69, 9.17) is 22.8 Å². The molecular weight excluding hydrogens is 198 g/mol. The summed E-state index contributed by atoms with van der Waals surface area (Å²) in [6, 6.07) is 0. The maximum absolute atomic E-state index is 5.09. The van der Waals surface area contributed by atoms with Crippen molar-refractivity contribution in [3.63, 3.8) is 0 Å². The summed E-state index contributed by atoms with van der Waals surface area (Å²) in [4.78, 5) is 0. The van der Waals surface area contributed by atoms with Gasteiger partial charge in [0.15, 0.2) is 5.11 Å². The molecule has 0 spiro atoms. The number of rotatable bonds is 4. The number of ether oxygens (including phenoxy) is 1. The summed E-state index contributed by atoms with van der Waals surface area (Å²) in [6.07, 6.45) is 5.20. The van der Waals surface area contributed by atoms with Crippen molar-refractivity contribution < 1.29 is 4.74 Å². The van der Waals surface area contributed by atoms with Crippen LogP contribution in [0.5, 0.6) is 0 Å². The zero-order valence-electron chi connectivity index (χ0n) is 8.33. The number of methoxy groups -OCH3 is 1. The zero-order chi connectivity index (χ0) is 11.0. The lowest BCUT2D eigenvalue weighted by molar-refractivity contribution is 0.307. The first-order chi connectivity index (χ1) is 6.63. The molecule has 0 heterocycles. The van der Waals surface area contributed by atoms with Crippen molar-refractivity contribution in [2.75, 3.05) is 7.11 Å². The summed E-state index contributed by atoms with van der Waals surface area (Å²) in [5.41, 5.74) is 3.17. The van der Waals surface area contributed by atoms with Crippen molar-refractivity contribution in [1.29, 1.82) is 0 Å². The van der Waals surface area contributed by atoms with Crippen LogP contribution in [0.3, 0.4) is 0 Å². The number of nitrogens with one attached hydrogen (secondary N) is 2. The van der Waals surface area contributed by atoms with Crippen LogP contribution in [0.2, 0.25) is 0 Å². The van der Waals surface area contributed by atoms with E-state index >= 15 is 0 Å². The van der Waals surface area contributed by atoms with Gasteiger partial charge in [0, 0.05) is 5.70 Å². The number of allylic oxidation sites excluding steroid dienone is 4. The second kappa shape index (κ2) is 7.11. The molecule has 14 heavy (non-hydrogen) atoms. The van der Waals surface area contributed by atoms with Crippen LogP contribution in [0.1, 0.15) is 6.92 Å². The zero-order valence-corrected chi connectivity index (χ0v) is 9.15. The van der Waals surface area contributed by atoms with Gasteiger partial charge in [-0.1, -0.05) is 6.58 Å². The van der Waals surface area contributed by atoms with Crippen LogP contribution in [-0.2, 0) is 4.74 Å². The van der Waals surface area contributed by atoms with E-state index in [0.717, 1.165) is 5.70 Å². The predicted octanol–water partition coefficient (Wildman–Crippen LogP) is 0.944. The molecule has 4 N–H and O–H groups in total. The summed E-state index contributed by atoms with van der Waals surface area (Å²) in [6.45, 7) is 5.44. The van der Waals surface area contributed by atoms with Crippen LogP contribution in [0, 0.1) is 0 Å². The minimum atomic E-state index is 0.365. The largest absolute Gasteiger partial charge is 0.497 e. The normalized spacial score (nSPS) is 11.9. The van der Waals surface area contributed by atoms with Crippen LogP contribution in [-0.4, -0.2) is 12.2 Å². The Kier molecular flexibility index (Phi) is 6.43. The van der Waals surface area contributed by atoms with Crippen LogP contribution >= 0.6 is 12.2 Å². The molecule has 5 heteroatoms. The first-order valence-electron chi connectivity index (χ1n) is 3.96. The number of hydrazine groups is 1. The Labute approximate surface area is 89.5 Å². The van der Waals surface area contributed by atoms with E-state index in [9.17, 15) is 0 Å². The van der Waals surface area contributed by atoms with E-state index in [2.05, 4.69) is 17.3 Å². The molecule has 0 radical (unpaired) electrons. The molecule has 0 saturated heterocycles. The Morgan fingerprint density at radius 3 is 2.57 bits per heavy atom. The highest BCUT2D eigenvalue weighted by Gasteiger charge is 1.91. The van der Waals surface area contributed by atoms with Gasteiger partial charge in [-0.15, -0.1) is 0 Å². The lowest BCUT2D eigenvalue weighted by Gasteiger charge is -2.05. The third-order valence-corrected chi connectivity index (χ3v) is 1.60. The van der Waals surface area contributed by atoms with Gasteiger partial charge >= 0.3 is 0 Å². The standard InChI is InChI=1S/C9H15N3OS/c1-4-8(13-3)6-5-7(2)11-9(14)12-10/h4-6H,1,10H2,2-3H3,(H2,11,12,14)/b7-5+,8-6+. The van der Waals surface area contributed by atoms with Crippen LogP contribution in [0.4, 0.5) is 0 Å². The summed E-state index contributed by atoms with van der Waals surface area (Å²) in [5.74, 6) is 5.77. The van der Waals surface area contributed by atoms with Gasteiger partial charge in [-0.25, -0.2) is 5.84 Å². The summed E-state index contributed by atoms with van der Waals surface area (Å²) in [7, 11) is 1.58.